The van der Waals surface area contributed by atoms with Crippen molar-refractivity contribution in [2.45, 2.75) is 31.5 Å². The minimum atomic E-state index is -4.51. The highest BCUT2D eigenvalue weighted by Crippen LogP contribution is 2.24. The molecule has 1 aromatic rings. The lowest BCUT2D eigenvalue weighted by Crippen LogP contribution is -2.28. The highest BCUT2D eigenvalue weighted by molar-refractivity contribution is 5.27. The Morgan fingerprint density at radius 2 is 1.82 bits per heavy atom. The van der Waals surface area contributed by atoms with Crippen molar-refractivity contribution in [1.82, 2.24) is 0 Å². The fourth-order valence-corrected chi connectivity index (χ4v) is 1.46. The Hall–Kier alpha value is -1.23. The molecule has 0 heterocycles. The molecule has 1 N–H and O–H groups in total. The van der Waals surface area contributed by atoms with Crippen LogP contribution >= 0.6 is 0 Å². The van der Waals surface area contributed by atoms with Crippen LogP contribution in [-0.2, 0) is 6.42 Å². The largest absolute Gasteiger partial charge is 0.497 e. The lowest BCUT2D eigenvalue weighted by molar-refractivity contribution is -0.205. The number of halogens is 3. The average molecular weight is 248 g/mol. The first-order chi connectivity index (χ1) is 7.93. The molecule has 1 rings (SSSR count). The molecule has 0 aliphatic carbocycles. The van der Waals surface area contributed by atoms with Gasteiger partial charge in [-0.05, 0) is 37.0 Å². The van der Waals surface area contributed by atoms with Crippen molar-refractivity contribution in [1.29, 1.82) is 0 Å². The van der Waals surface area contributed by atoms with E-state index in [9.17, 15) is 13.2 Å². The summed E-state index contributed by atoms with van der Waals surface area (Å²) in [6, 6.07) is 7.13. The van der Waals surface area contributed by atoms with Crippen LogP contribution < -0.4 is 4.74 Å². The van der Waals surface area contributed by atoms with Crippen LogP contribution in [0.5, 0.6) is 5.75 Å². The number of alkyl halides is 3. The molecule has 0 aliphatic rings. The molecule has 0 aromatic heterocycles. The van der Waals surface area contributed by atoms with Crippen LogP contribution in [0.1, 0.15) is 18.4 Å². The summed E-state index contributed by atoms with van der Waals surface area (Å²) in [6.45, 7) is 0. The molecule has 0 saturated carbocycles. The monoisotopic (exact) mass is 248 g/mol. The summed E-state index contributed by atoms with van der Waals surface area (Å²) in [7, 11) is 1.55. The maximum Gasteiger partial charge on any atom is 0.414 e. The summed E-state index contributed by atoms with van der Waals surface area (Å²) in [4.78, 5) is 0. The third kappa shape index (κ3) is 4.65. The number of methoxy groups -OCH3 is 1. The second kappa shape index (κ2) is 5.91. The van der Waals surface area contributed by atoms with Gasteiger partial charge in [-0.1, -0.05) is 12.1 Å². The van der Waals surface area contributed by atoms with Crippen LogP contribution in [0.25, 0.3) is 0 Å². The fraction of sp³-hybridized carbons (Fsp3) is 0.500. The normalized spacial score (nSPS) is 13.5. The molecule has 0 amide bonds. The molecule has 17 heavy (non-hydrogen) atoms. The average Bonchev–Trinajstić information content (AvgIpc) is 2.28. The Morgan fingerprint density at radius 3 is 2.29 bits per heavy atom. The first-order valence-electron chi connectivity index (χ1n) is 5.31. The van der Waals surface area contributed by atoms with Gasteiger partial charge >= 0.3 is 6.18 Å². The van der Waals surface area contributed by atoms with Gasteiger partial charge in [-0.2, -0.15) is 13.2 Å². The Morgan fingerprint density at radius 1 is 1.24 bits per heavy atom. The van der Waals surface area contributed by atoms with Crippen molar-refractivity contribution >= 4 is 0 Å². The van der Waals surface area contributed by atoms with Gasteiger partial charge in [0, 0.05) is 0 Å². The van der Waals surface area contributed by atoms with E-state index in [1.54, 1.807) is 31.4 Å². The molecule has 0 fully saturated rings. The quantitative estimate of drug-likeness (QED) is 0.868. The van der Waals surface area contributed by atoms with Crippen LogP contribution in [0.2, 0.25) is 0 Å². The topological polar surface area (TPSA) is 29.5 Å². The number of hydrogen-bond donors (Lipinski definition) is 1. The summed E-state index contributed by atoms with van der Waals surface area (Å²) < 4.78 is 41.0. The molecule has 2 nitrogen and oxygen atoms in total. The molecule has 1 aromatic carbocycles. The van der Waals surface area contributed by atoms with Crippen LogP contribution in [0.3, 0.4) is 0 Å². The van der Waals surface area contributed by atoms with Crippen LogP contribution in [0.15, 0.2) is 24.3 Å². The number of aliphatic hydroxyl groups excluding tert-OH is 1. The number of rotatable bonds is 5. The highest BCUT2D eigenvalue weighted by atomic mass is 19.4. The van der Waals surface area contributed by atoms with Gasteiger partial charge in [-0.3, -0.25) is 0 Å². The molecule has 0 radical (unpaired) electrons. The predicted octanol–water partition coefficient (Wildman–Crippen LogP) is 2.94. The zero-order valence-corrected chi connectivity index (χ0v) is 9.50. The first-order valence-corrected chi connectivity index (χ1v) is 5.31. The van der Waals surface area contributed by atoms with Gasteiger partial charge in [0.05, 0.1) is 7.11 Å². The third-order valence-electron chi connectivity index (χ3n) is 2.48. The van der Waals surface area contributed by atoms with E-state index in [0.29, 0.717) is 18.6 Å². The van der Waals surface area contributed by atoms with Crippen molar-refractivity contribution < 1.29 is 23.0 Å². The van der Waals surface area contributed by atoms with E-state index in [1.165, 1.54) is 0 Å². The second-order valence-electron chi connectivity index (χ2n) is 3.80. The van der Waals surface area contributed by atoms with Gasteiger partial charge in [0.15, 0.2) is 0 Å². The fourth-order valence-electron chi connectivity index (χ4n) is 1.46. The van der Waals surface area contributed by atoms with Gasteiger partial charge in [0.1, 0.15) is 11.9 Å². The molecule has 96 valence electrons. The molecule has 0 spiro atoms. The Labute approximate surface area is 98.0 Å². The molecule has 0 aliphatic heterocycles. The van der Waals surface area contributed by atoms with Crippen molar-refractivity contribution in [2.24, 2.45) is 0 Å². The van der Waals surface area contributed by atoms with E-state index in [4.69, 9.17) is 9.84 Å². The minimum Gasteiger partial charge on any atom is -0.497 e. The summed E-state index contributed by atoms with van der Waals surface area (Å²) >= 11 is 0. The van der Waals surface area contributed by atoms with E-state index >= 15 is 0 Å². The summed E-state index contributed by atoms with van der Waals surface area (Å²) in [6.07, 6.45) is -6.19. The lowest BCUT2D eigenvalue weighted by atomic mass is 10.1. The smallest absolute Gasteiger partial charge is 0.414 e. The van der Waals surface area contributed by atoms with Crippen LogP contribution in [0.4, 0.5) is 13.2 Å². The van der Waals surface area contributed by atoms with Gasteiger partial charge in [0.2, 0.25) is 0 Å². The molecule has 5 heteroatoms. The number of hydrogen-bond acceptors (Lipinski definition) is 2. The van der Waals surface area contributed by atoms with Gasteiger partial charge in [-0.15, -0.1) is 0 Å². The van der Waals surface area contributed by atoms with Crippen molar-refractivity contribution in [3.63, 3.8) is 0 Å². The Kier molecular flexibility index (Phi) is 4.81. The van der Waals surface area contributed by atoms with E-state index in [0.717, 1.165) is 5.56 Å². The van der Waals surface area contributed by atoms with E-state index in [-0.39, 0.29) is 6.42 Å². The zero-order valence-electron chi connectivity index (χ0n) is 9.50. The second-order valence-corrected chi connectivity index (χ2v) is 3.80. The predicted molar refractivity (Wildman–Crippen MR) is 58.0 cm³/mol. The van der Waals surface area contributed by atoms with Gasteiger partial charge < -0.3 is 9.84 Å². The number of aryl methyl sites for hydroxylation is 1. The van der Waals surface area contributed by atoms with Crippen LogP contribution in [-0.4, -0.2) is 24.5 Å². The van der Waals surface area contributed by atoms with Crippen LogP contribution in [0, 0.1) is 0 Å². The Bertz CT molecular complexity index is 333. The number of benzene rings is 1. The van der Waals surface area contributed by atoms with E-state index in [2.05, 4.69) is 0 Å². The lowest BCUT2D eigenvalue weighted by Gasteiger charge is -2.13. The molecule has 1 atom stereocenters. The summed E-state index contributed by atoms with van der Waals surface area (Å²) in [5, 5.41) is 8.80. The maximum atomic E-state index is 12.0. The molecular weight excluding hydrogens is 233 g/mol. The van der Waals surface area contributed by atoms with E-state index in [1.807, 2.05) is 0 Å². The van der Waals surface area contributed by atoms with Crippen molar-refractivity contribution in [3.05, 3.63) is 29.8 Å². The minimum absolute atomic E-state index is 0.268. The summed E-state index contributed by atoms with van der Waals surface area (Å²) in [5.41, 5.74) is 0.931. The van der Waals surface area contributed by atoms with Crippen molar-refractivity contribution in [3.8, 4) is 5.75 Å². The highest BCUT2D eigenvalue weighted by Gasteiger charge is 2.37. The maximum absolute atomic E-state index is 12.0. The first kappa shape index (κ1) is 13.8. The molecular formula is C12H15F3O2. The summed E-state index contributed by atoms with van der Waals surface area (Å²) in [5.74, 6) is 0.712. The number of ether oxygens (including phenoxy) is 1. The third-order valence-corrected chi connectivity index (χ3v) is 2.48. The standard InChI is InChI=1S/C12H15F3O2/c1-17-10-7-5-9(6-8-10)3-2-4-11(16)12(13,14)15/h5-8,11,16H,2-4H2,1H3. The molecule has 0 bridgehead atoms. The molecule has 0 saturated heterocycles. The SMILES string of the molecule is COc1ccc(CCCC(O)C(F)(F)F)cc1. The van der Waals surface area contributed by atoms with E-state index < -0.39 is 12.3 Å². The number of aliphatic hydroxyl groups is 1. The molecule has 1 unspecified atom stereocenters. The van der Waals surface area contributed by atoms with Gasteiger partial charge in [-0.25, -0.2) is 0 Å². The Balaban J connectivity index is 2.35. The van der Waals surface area contributed by atoms with Crippen molar-refractivity contribution in [2.75, 3.05) is 7.11 Å². The van der Waals surface area contributed by atoms with Gasteiger partial charge in [0.25, 0.3) is 0 Å². The zero-order chi connectivity index (χ0) is 12.9.